The molecule has 4 rings (SSSR count). The molecule has 5 heteroatoms. The molecule has 0 bridgehead atoms. The monoisotopic (exact) mass is 343 g/mol. The SMILES string of the molecule is Cc1cc2occ(CC(=O)N3CCCC(C4OCCO4)C3)c2cc1C. The number of amides is 1. The first-order valence-corrected chi connectivity index (χ1v) is 9.10. The van der Waals surface area contributed by atoms with Gasteiger partial charge in [-0.1, -0.05) is 0 Å². The molecule has 25 heavy (non-hydrogen) atoms. The van der Waals surface area contributed by atoms with Crippen LogP contribution in [0.1, 0.15) is 29.5 Å². The lowest BCUT2D eigenvalue weighted by molar-refractivity contribution is -0.138. The summed E-state index contributed by atoms with van der Waals surface area (Å²) in [6.45, 7) is 7.02. The van der Waals surface area contributed by atoms with E-state index in [-0.39, 0.29) is 18.1 Å². The van der Waals surface area contributed by atoms with Crippen molar-refractivity contribution in [2.45, 2.75) is 39.4 Å². The molecule has 2 aliphatic rings. The molecule has 134 valence electrons. The van der Waals surface area contributed by atoms with E-state index >= 15 is 0 Å². The molecule has 5 nitrogen and oxygen atoms in total. The summed E-state index contributed by atoms with van der Waals surface area (Å²) in [6.07, 6.45) is 4.03. The number of furan rings is 1. The molecule has 1 unspecified atom stereocenters. The number of nitrogens with zero attached hydrogens (tertiary/aromatic N) is 1. The van der Waals surface area contributed by atoms with Crippen molar-refractivity contribution in [2.24, 2.45) is 5.92 Å². The Kier molecular flexibility index (Phi) is 4.52. The number of benzene rings is 1. The number of ether oxygens (including phenoxy) is 2. The molecule has 3 heterocycles. The van der Waals surface area contributed by atoms with Gasteiger partial charge in [0.15, 0.2) is 6.29 Å². The highest BCUT2D eigenvalue weighted by atomic mass is 16.7. The molecule has 2 fully saturated rings. The summed E-state index contributed by atoms with van der Waals surface area (Å²) in [5, 5.41) is 1.05. The maximum Gasteiger partial charge on any atom is 0.227 e. The summed E-state index contributed by atoms with van der Waals surface area (Å²) in [5.74, 6) is 0.440. The van der Waals surface area contributed by atoms with Gasteiger partial charge in [0.25, 0.3) is 0 Å². The zero-order chi connectivity index (χ0) is 17.4. The lowest BCUT2D eigenvalue weighted by Gasteiger charge is -2.34. The second-order valence-electron chi connectivity index (χ2n) is 7.22. The Balaban J connectivity index is 1.47. The molecule has 0 N–H and O–H groups in total. The van der Waals surface area contributed by atoms with Crippen LogP contribution in [0.5, 0.6) is 0 Å². The van der Waals surface area contributed by atoms with Crippen LogP contribution in [0.25, 0.3) is 11.0 Å². The van der Waals surface area contributed by atoms with Gasteiger partial charge in [-0.05, 0) is 49.9 Å². The molecule has 1 aromatic heterocycles. The molecule has 1 atom stereocenters. The largest absolute Gasteiger partial charge is 0.464 e. The van der Waals surface area contributed by atoms with Crippen LogP contribution in [-0.2, 0) is 20.7 Å². The highest BCUT2D eigenvalue weighted by Crippen LogP contribution is 2.28. The van der Waals surface area contributed by atoms with Crippen molar-refractivity contribution in [3.8, 4) is 0 Å². The average Bonchev–Trinajstić information content (AvgIpc) is 3.27. The molecule has 0 saturated carbocycles. The van der Waals surface area contributed by atoms with Crippen LogP contribution < -0.4 is 0 Å². The minimum Gasteiger partial charge on any atom is -0.464 e. The molecular weight excluding hydrogens is 318 g/mol. The quantitative estimate of drug-likeness (QED) is 0.859. The molecule has 0 aliphatic carbocycles. The third kappa shape index (κ3) is 3.31. The summed E-state index contributed by atoms with van der Waals surface area (Å²) in [4.78, 5) is 14.8. The predicted molar refractivity (Wildman–Crippen MR) is 94.4 cm³/mol. The maximum absolute atomic E-state index is 12.8. The van der Waals surface area contributed by atoms with Crippen LogP contribution >= 0.6 is 0 Å². The predicted octanol–water partition coefficient (Wildman–Crippen LogP) is 3.20. The lowest BCUT2D eigenvalue weighted by atomic mass is 9.96. The first-order valence-electron chi connectivity index (χ1n) is 9.10. The number of carbonyl (C=O) groups excluding carboxylic acids is 1. The van der Waals surface area contributed by atoms with Crippen LogP contribution in [0.4, 0.5) is 0 Å². The number of hydrogen-bond acceptors (Lipinski definition) is 4. The van der Waals surface area contributed by atoms with Gasteiger partial charge in [-0.25, -0.2) is 0 Å². The maximum atomic E-state index is 12.8. The highest BCUT2D eigenvalue weighted by Gasteiger charge is 2.32. The molecule has 0 spiro atoms. The van der Waals surface area contributed by atoms with E-state index in [0.29, 0.717) is 19.6 Å². The smallest absolute Gasteiger partial charge is 0.227 e. The molecule has 1 amide bonds. The summed E-state index contributed by atoms with van der Waals surface area (Å²) in [5.41, 5.74) is 4.25. The number of aryl methyl sites for hydroxylation is 2. The zero-order valence-corrected chi connectivity index (χ0v) is 14.9. The number of hydrogen-bond donors (Lipinski definition) is 0. The summed E-state index contributed by atoms with van der Waals surface area (Å²) >= 11 is 0. The third-order valence-electron chi connectivity index (χ3n) is 5.45. The number of rotatable bonds is 3. The molecule has 2 saturated heterocycles. The third-order valence-corrected chi connectivity index (χ3v) is 5.45. The second-order valence-corrected chi connectivity index (χ2v) is 7.22. The fourth-order valence-corrected chi connectivity index (χ4v) is 3.86. The Morgan fingerprint density at radius 3 is 2.76 bits per heavy atom. The van der Waals surface area contributed by atoms with Crippen molar-refractivity contribution in [1.29, 1.82) is 0 Å². The molecular formula is C20H25NO4. The molecule has 2 aromatic rings. The van der Waals surface area contributed by atoms with Gasteiger partial charge >= 0.3 is 0 Å². The van der Waals surface area contributed by atoms with Crippen LogP contribution in [0.3, 0.4) is 0 Å². The first kappa shape index (κ1) is 16.6. The van der Waals surface area contributed by atoms with Crippen molar-refractivity contribution in [1.82, 2.24) is 4.90 Å². The van der Waals surface area contributed by atoms with Crippen molar-refractivity contribution in [2.75, 3.05) is 26.3 Å². The second kappa shape index (κ2) is 6.81. The van der Waals surface area contributed by atoms with Gasteiger partial charge in [0, 0.05) is 30.0 Å². The number of likely N-dealkylation sites (tertiary alicyclic amines) is 1. The van der Waals surface area contributed by atoms with Crippen LogP contribution in [0, 0.1) is 19.8 Å². The van der Waals surface area contributed by atoms with E-state index < -0.39 is 0 Å². The summed E-state index contributed by atoms with van der Waals surface area (Å²) in [6, 6.07) is 4.17. The van der Waals surface area contributed by atoms with Crippen LogP contribution in [0.15, 0.2) is 22.8 Å². The fourth-order valence-electron chi connectivity index (χ4n) is 3.86. The van der Waals surface area contributed by atoms with E-state index in [1.807, 2.05) is 11.0 Å². The topological polar surface area (TPSA) is 51.9 Å². The number of carbonyl (C=O) groups is 1. The van der Waals surface area contributed by atoms with Crippen LogP contribution in [-0.4, -0.2) is 43.4 Å². The fraction of sp³-hybridized carbons (Fsp3) is 0.550. The van der Waals surface area contributed by atoms with E-state index in [1.165, 1.54) is 11.1 Å². The normalized spacial score (nSPS) is 22.0. The van der Waals surface area contributed by atoms with E-state index in [0.717, 1.165) is 42.5 Å². The number of fused-ring (bicyclic) bond motifs is 1. The molecule has 0 radical (unpaired) electrons. The van der Waals surface area contributed by atoms with E-state index in [2.05, 4.69) is 19.9 Å². The van der Waals surface area contributed by atoms with Crippen molar-refractivity contribution in [3.63, 3.8) is 0 Å². The van der Waals surface area contributed by atoms with Crippen molar-refractivity contribution in [3.05, 3.63) is 35.1 Å². The van der Waals surface area contributed by atoms with Gasteiger partial charge in [-0.2, -0.15) is 0 Å². The standard InChI is InChI=1S/C20H25NO4/c1-13-8-17-16(12-25-18(17)9-14(13)2)10-19(22)21-5-3-4-15(11-21)20-23-6-7-24-20/h8-9,12,15,20H,3-7,10-11H2,1-2H3. The average molecular weight is 343 g/mol. The van der Waals surface area contributed by atoms with E-state index in [1.54, 1.807) is 6.26 Å². The zero-order valence-electron chi connectivity index (χ0n) is 14.9. The lowest BCUT2D eigenvalue weighted by Crippen LogP contribution is -2.44. The minimum absolute atomic E-state index is 0.143. The summed E-state index contributed by atoms with van der Waals surface area (Å²) < 4.78 is 16.9. The Morgan fingerprint density at radius 2 is 1.96 bits per heavy atom. The Labute approximate surface area is 147 Å². The first-order chi connectivity index (χ1) is 12.1. The van der Waals surface area contributed by atoms with Gasteiger partial charge in [-0.3, -0.25) is 4.79 Å². The van der Waals surface area contributed by atoms with Crippen LogP contribution in [0.2, 0.25) is 0 Å². The minimum atomic E-state index is -0.143. The Bertz CT molecular complexity index is 775. The van der Waals surface area contributed by atoms with Gasteiger partial charge in [-0.15, -0.1) is 0 Å². The number of piperidine rings is 1. The van der Waals surface area contributed by atoms with Gasteiger partial charge in [0.2, 0.25) is 5.91 Å². The van der Waals surface area contributed by atoms with E-state index in [9.17, 15) is 4.79 Å². The summed E-state index contributed by atoms with van der Waals surface area (Å²) in [7, 11) is 0. The Morgan fingerprint density at radius 1 is 1.20 bits per heavy atom. The van der Waals surface area contributed by atoms with E-state index in [4.69, 9.17) is 13.9 Å². The molecule has 2 aliphatic heterocycles. The van der Waals surface area contributed by atoms with Gasteiger partial charge in [0.05, 0.1) is 25.9 Å². The molecule has 1 aromatic carbocycles. The Hall–Kier alpha value is -1.85. The van der Waals surface area contributed by atoms with Crippen molar-refractivity contribution >= 4 is 16.9 Å². The van der Waals surface area contributed by atoms with Crippen molar-refractivity contribution < 1.29 is 18.7 Å². The highest BCUT2D eigenvalue weighted by molar-refractivity contribution is 5.88. The van der Waals surface area contributed by atoms with Gasteiger partial charge in [0.1, 0.15) is 5.58 Å². The van der Waals surface area contributed by atoms with Gasteiger partial charge < -0.3 is 18.8 Å².